The van der Waals surface area contributed by atoms with Crippen molar-refractivity contribution >= 4 is 5.91 Å². The molecule has 2 N–H and O–H groups in total. The van der Waals surface area contributed by atoms with Crippen molar-refractivity contribution in [2.24, 2.45) is 11.1 Å². The van der Waals surface area contributed by atoms with E-state index in [1.807, 2.05) is 4.90 Å². The number of nitrogens with two attached hydrogens (primary N) is 1. The van der Waals surface area contributed by atoms with Crippen LogP contribution in [0.4, 0.5) is 0 Å². The van der Waals surface area contributed by atoms with Gasteiger partial charge in [-0.3, -0.25) is 9.69 Å². The van der Waals surface area contributed by atoms with Gasteiger partial charge in [-0.1, -0.05) is 20.8 Å². The molecule has 4 heteroatoms. The van der Waals surface area contributed by atoms with Gasteiger partial charge in [0, 0.05) is 45.2 Å². The van der Waals surface area contributed by atoms with E-state index in [4.69, 9.17) is 5.73 Å². The molecule has 100 valence electrons. The van der Waals surface area contributed by atoms with Crippen LogP contribution >= 0.6 is 0 Å². The van der Waals surface area contributed by atoms with Crippen LogP contribution < -0.4 is 5.73 Å². The number of hydrogen-bond donors (Lipinski definition) is 1. The molecular weight excluding hydrogens is 214 g/mol. The molecule has 0 aromatic heterocycles. The third-order valence-electron chi connectivity index (χ3n) is 3.31. The van der Waals surface area contributed by atoms with Crippen molar-refractivity contribution in [1.29, 1.82) is 0 Å². The number of piperazine rings is 1. The minimum absolute atomic E-state index is 0.0821. The average molecular weight is 241 g/mol. The molecule has 1 atom stereocenters. The highest BCUT2D eigenvalue weighted by Gasteiger charge is 2.25. The number of nitrogens with zero attached hydrogens (tertiary/aromatic N) is 2. The summed E-state index contributed by atoms with van der Waals surface area (Å²) in [5.74, 6) is 0.289. The van der Waals surface area contributed by atoms with Crippen molar-refractivity contribution in [2.45, 2.75) is 40.2 Å². The molecule has 1 aliphatic heterocycles. The van der Waals surface area contributed by atoms with Crippen LogP contribution in [0.25, 0.3) is 0 Å². The maximum atomic E-state index is 12.0. The molecule has 1 saturated heterocycles. The van der Waals surface area contributed by atoms with Crippen LogP contribution in [0.5, 0.6) is 0 Å². The normalized spacial score (nSPS) is 20.4. The highest BCUT2D eigenvalue weighted by Crippen LogP contribution is 2.20. The number of amides is 1. The number of rotatable bonds is 3. The predicted octanol–water partition coefficient (Wildman–Crippen LogP) is 0.914. The molecule has 1 unspecified atom stereocenters. The van der Waals surface area contributed by atoms with Gasteiger partial charge in [-0.25, -0.2) is 0 Å². The Bertz CT molecular complexity index is 252. The predicted molar refractivity (Wildman–Crippen MR) is 70.7 cm³/mol. The van der Waals surface area contributed by atoms with Crippen LogP contribution in [0.15, 0.2) is 0 Å². The number of hydrogen-bond acceptors (Lipinski definition) is 3. The SMILES string of the molecule is CC(CN)N1CCN(C(=O)CC(C)(C)C)CC1. The highest BCUT2D eigenvalue weighted by molar-refractivity contribution is 5.76. The quantitative estimate of drug-likeness (QED) is 0.799. The van der Waals surface area contributed by atoms with E-state index >= 15 is 0 Å². The number of carbonyl (C=O) groups is 1. The van der Waals surface area contributed by atoms with Gasteiger partial charge in [-0.2, -0.15) is 0 Å². The Kier molecular flexibility index (Phi) is 4.95. The second-order valence-corrected chi connectivity index (χ2v) is 6.24. The summed E-state index contributed by atoms with van der Waals surface area (Å²) < 4.78 is 0. The summed E-state index contributed by atoms with van der Waals surface area (Å²) in [6.07, 6.45) is 0.638. The Morgan fingerprint density at radius 1 is 1.24 bits per heavy atom. The van der Waals surface area contributed by atoms with Crippen molar-refractivity contribution in [1.82, 2.24) is 9.80 Å². The Morgan fingerprint density at radius 2 is 1.76 bits per heavy atom. The second kappa shape index (κ2) is 5.83. The van der Waals surface area contributed by atoms with Crippen LogP contribution in [-0.2, 0) is 4.79 Å². The third kappa shape index (κ3) is 4.64. The lowest BCUT2D eigenvalue weighted by Crippen LogP contribution is -2.53. The maximum absolute atomic E-state index is 12.0. The van der Waals surface area contributed by atoms with E-state index in [1.165, 1.54) is 0 Å². The molecule has 0 radical (unpaired) electrons. The molecule has 1 rings (SSSR count). The third-order valence-corrected chi connectivity index (χ3v) is 3.31. The molecular formula is C13H27N3O. The molecule has 0 spiro atoms. The van der Waals surface area contributed by atoms with Gasteiger partial charge in [0.25, 0.3) is 0 Å². The minimum atomic E-state index is 0.0821. The zero-order valence-corrected chi connectivity index (χ0v) is 11.7. The van der Waals surface area contributed by atoms with Crippen LogP contribution in [-0.4, -0.2) is 54.5 Å². The minimum Gasteiger partial charge on any atom is -0.340 e. The fraction of sp³-hybridized carbons (Fsp3) is 0.923. The monoisotopic (exact) mass is 241 g/mol. The van der Waals surface area contributed by atoms with E-state index in [0.29, 0.717) is 19.0 Å². The molecule has 1 aliphatic rings. The van der Waals surface area contributed by atoms with Gasteiger partial charge in [0.05, 0.1) is 0 Å². The van der Waals surface area contributed by atoms with Gasteiger partial charge < -0.3 is 10.6 Å². The smallest absolute Gasteiger partial charge is 0.223 e. The fourth-order valence-corrected chi connectivity index (χ4v) is 2.13. The maximum Gasteiger partial charge on any atom is 0.223 e. The van der Waals surface area contributed by atoms with Crippen LogP contribution in [0.1, 0.15) is 34.1 Å². The van der Waals surface area contributed by atoms with E-state index in [2.05, 4.69) is 32.6 Å². The van der Waals surface area contributed by atoms with Crippen molar-refractivity contribution in [2.75, 3.05) is 32.7 Å². The molecule has 1 fully saturated rings. The van der Waals surface area contributed by atoms with Gasteiger partial charge >= 0.3 is 0 Å². The van der Waals surface area contributed by atoms with Crippen molar-refractivity contribution in [3.05, 3.63) is 0 Å². The summed E-state index contributed by atoms with van der Waals surface area (Å²) in [7, 11) is 0. The van der Waals surface area contributed by atoms with Crippen LogP contribution in [0.3, 0.4) is 0 Å². The first-order chi connectivity index (χ1) is 7.83. The number of carbonyl (C=O) groups excluding carboxylic acids is 1. The first-order valence-electron chi connectivity index (χ1n) is 6.55. The fourth-order valence-electron chi connectivity index (χ4n) is 2.13. The molecule has 0 aromatic carbocycles. The van der Waals surface area contributed by atoms with Crippen molar-refractivity contribution in [3.63, 3.8) is 0 Å². The van der Waals surface area contributed by atoms with E-state index in [1.54, 1.807) is 0 Å². The van der Waals surface area contributed by atoms with Gasteiger partial charge in [-0.15, -0.1) is 0 Å². The zero-order valence-electron chi connectivity index (χ0n) is 11.7. The standard InChI is InChI=1S/C13H27N3O/c1-11(10-14)15-5-7-16(8-6-15)12(17)9-13(2,3)4/h11H,5-10,14H2,1-4H3. The summed E-state index contributed by atoms with van der Waals surface area (Å²) in [6.45, 7) is 12.8. The topological polar surface area (TPSA) is 49.6 Å². The Morgan fingerprint density at radius 3 is 2.18 bits per heavy atom. The lowest BCUT2D eigenvalue weighted by molar-refractivity contribution is -0.135. The second-order valence-electron chi connectivity index (χ2n) is 6.24. The van der Waals surface area contributed by atoms with Gasteiger partial charge in [0.15, 0.2) is 0 Å². The molecule has 17 heavy (non-hydrogen) atoms. The highest BCUT2D eigenvalue weighted by atomic mass is 16.2. The van der Waals surface area contributed by atoms with E-state index in [-0.39, 0.29) is 11.3 Å². The van der Waals surface area contributed by atoms with E-state index in [9.17, 15) is 4.79 Å². The lowest BCUT2D eigenvalue weighted by Gasteiger charge is -2.38. The summed E-state index contributed by atoms with van der Waals surface area (Å²) in [6, 6.07) is 0.426. The average Bonchev–Trinajstić information content (AvgIpc) is 2.26. The lowest BCUT2D eigenvalue weighted by atomic mass is 9.91. The molecule has 0 aromatic rings. The van der Waals surface area contributed by atoms with E-state index in [0.717, 1.165) is 26.2 Å². The van der Waals surface area contributed by atoms with Gasteiger partial charge in [0.2, 0.25) is 5.91 Å². The van der Waals surface area contributed by atoms with E-state index < -0.39 is 0 Å². The summed E-state index contributed by atoms with van der Waals surface area (Å²) in [5, 5.41) is 0. The first-order valence-corrected chi connectivity index (χ1v) is 6.55. The summed E-state index contributed by atoms with van der Waals surface area (Å²) >= 11 is 0. The van der Waals surface area contributed by atoms with Crippen LogP contribution in [0, 0.1) is 5.41 Å². The summed E-state index contributed by atoms with van der Waals surface area (Å²) in [5.41, 5.74) is 5.74. The van der Waals surface area contributed by atoms with Gasteiger partial charge in [0.1, 0.15) is 0 Å². The molecule has 0 saturated carbocycles. The Balaban J connectivity index is 2.39. The Labute approximate surface area is 105 Å². The molecule has 1 amide bonds. The van der Waals surface area contributed by atoms with Crippen molar-refractivity contribution < 1.29 is 4.79 Å². The summed E-state index contributed by atoms with van der Waals surface area (Å²) in [4.78, 5) is 16.4. The van der Waals surface area contributed by atoms with Crippen LogP contribution in [0.2, 0.25) is 0 Å². The Hall–Kier alpha value is -0.610. The molecule has 0 bridgehead atoms. The molecule has 0 aliphatic carbocycles. The molecule has 4 nitrogen and oxygen atoms in total. The van der Waals surface area contributed by atoms with Crippen molar-refractivity contribution in [3.8, 4) is 0 Å². The largest absolute Gasteiger partial charge is 0.340 e. The zero-order chi connectivity index (χ0) is 13.1. The first kappa shape index (κ1) is 14.5. The molecule has 1 heterocycles. The van der Waals surface area contributed by atoms with Gasteiger partial charge in [-0.05, 0) is 12.3 Å².